The predicted molar refractivity (Wildman–Crippen MR) is 67.0 cm³/mol. The van der Waals surface area contributed by atoms with Crippen LogP contribution in [0.4, 0.5) is 0 Å². The van der Waals surface area contributed by atoms with Gasteiger partial charge in [-0.3, -0.25) is 0 Å². The van der Waals surface area contributed by atoms with Gasteiger partial charge in [0.25, 0.3) is 0 Å². The number of hydrogen-bond donors (Lipinski definition) is 1. The van der Waals surface area contributed by atoms with Gasteiger partial charge in [0.05, 0.1) is 17.8 Å². The lowest BCUT2D eigenvalue weighted by Gasteiger charge is -2.40. The molecule has 0 spiro atoms. The smallest absolute Gasteiger partial charge is 0.0936 e. The molecule has 17 heavy (non-hydrogen) atoms. The minimum Gasteiger partial charge on any atom is -0.390 e. The summed E-state index contributed by atoms with van der Waals surface area (Å²) in [5.41, 5.74) is -0.267. The molecule has 0 aromatic carbocycles. The van der Waals surface area contributed by atoms with Crippen LogP contribution in [-0.4, -0.2) is 36.6 Å². The maximum atomic E-state index is 10.4. The van der Waals surface area contributed by atoms with Crippen LogP contribution in [0.1, 0.15) is 57.8 Å². The van der Waals surface area contributed by atoms with Crippen LogP contribution in [0.3, 0.4) is 0 Å². The van der Waals surface area contributed by atoms with E-state index in [1.807, 2.05) is 0 Å². The fourth-order valence-electron chi connectivity index (χ4n) is 3.30. The standard InChI is InChI=1S/C14H26O3/c1-16-14(9-3-2-4-10-14)13(15)8-7-12-6-5-11-17-12/h12-13,15H,2-11H2,1H3. The summed E-state index contributed by atoms with van der Waals surface area (Å²) >= 11 is 0. The first-order chi connectivity index (χ1) is 8.27. The van der Waals surface area contributed by atoms with Crippen molar-refractivity contribution in [2.75, 3.05) is 13.7 Å². The van der Waals surface area contributed by atoms with Crippen molar-refractivity contribution < 1.29 is 14.6 Å². The van der Waals surface area contributed by atoms with E-state index in [4.69, 9.17) is 9.47 Å². The summed E-state index contributed by atoms with van der Waals surface area (Å²) in [7, 11) is 1.75. The maximum Gasteiger partial charge on any atom is 0.0936 e. The van der Waals surface area contributed by atoms with Crippen LogP contribution in [0.15, 0.2) is 0 Å². The summed E-state index contributed by atoms with van der Waals surface area (Å²) in [5.74, 6) is 0. The second-order valence-electron chi connectivity index (χ2n) is 5.56. The van der Waals surface area contributed by atoms with Crippen molar-refractivity contribution in [1.29, 1.82) is 0 Å². The highest BCUT2D eigenvalue weighted by Gasteiger charge is 2.39. The summed E-state index contributed by atoms with van der Waals surface area (Å²) in [6, 6.07) is 0. The van der Waals surface area contributed by atoms with E-state index in [1.54, 1.807) is 7.11 Å². The average Bonchev–Trinajstić information content (AvgIpc) is 2.90. The predicted octanol–water partition coefficient (Wildman–Crippen LogP) is 2.66. The number of hydrogen-bond acceptors (Lipinski definition) is 3. The minimum atomic E-state index is -0.322. The second kappa shape index (κ2) is 6.17. The van der Waals surface area contributed by atoms with E-state index < -0.39 is 0 Å². The summed E-state index contributed by atoms with van der Waals surface area (Å²) in [4.78, 5) is 0. The Morgan fingerprint density at radius 1 is 1.29 bits per heavy atom. The summed E-state index contributed by atoms with van der Waals surface area (Å²) < 4.78 is 11.3. The van der Waals surface area contributed by atoms with Gasteiger partial charge in [-0.05, 0) is 38.5 Å². The number of rotatable bonds is 5. The van der Waals surface area contributed by atoms with Gasteiger partial charge < -0.3 is 14.6 Å². The van der Waals surface area contributed by atoms with Crippen LogP contribution in [0.2, 0.25) is 0 Å². The van der Waals surface area contributed by atoms with Gasteiger partial charge >= 0.3 is 0 Å². The SMILES string of the molecule is COC1(C(O)CCC2CCCO2)CCCCC1. The van der Waals surface area contributed by atoms with Crippen molar-refractivity contribution in [3.05, 3.63) is 0 Å². The molecule has 2 aliphatic rings. The van der Waals surface area contributed by atoms with E-state index in [2.05, 4.69) is 0 Å². The largest absolute Gasteiger partial charge is 0.390 e. The van der Waals surface area contributed by atoms with Crippen LogP contribution in [0.5, 0.6) is 0 Å². The Morgan fingerprint density at radius 2 is 2.06 bits per heavy atom. The van der Waals surface area contributed by atoms with E-state index in [1.165, 1.54) is 25.7 Å². The molecule has 0 bridgehead atoms. The van der Waals surface area contributed by atoms with E-state index in [-0.39, 0.29) is 11.7 Å². The quantitative estimate of drug-likeness (QED) is 0.805. The van der Waals surface area contributed by atoms with Gasteiger partial charge in [-0.15, -0.1) is 0 Å². The van der Waals surface area contributed by atoms with Crippen molar-refractivity contribution in [3.8, 4) is 0 Å². The molecule has 1 N–H and O–H groups in total. The molecule has 2 unspecified atom stereocenters. The molecule has 0 amide bonds. The van der Waals surface area contributed by atoms with Crippen molar-refractivity contribution in [2.24, 2.45) is 0 Å². The number of aliphatic hydroxyl groups is 1. The zero-order chi connectivity index (χ0) is 12.1. The second-order valence-corrected chi connectivity index (χ2v) is 5.56. The zero-order valence-electron chi connectivity index (χ0n) is 11.0. The van der Waals surface area contributed by atoms with Gasteiger partial charge in [0, 0.05) is 13.7 Å². The van der Waals surface area contributed by atoms with Crippen LogP contribution >= 0.6 is 0 Å². The Bertz CT molecular complexity index is 218. The zero-order valence-corrected chi connectivity index (χ0v) is 11.0. The number of methoxy groups -OCH3 is 1. The molecule has 3 nitrogen and oxygen atoms in total. The Kier molecular flexibility index (Phi) is 4.83. The molecule has 1 aliphatic heterocycles. The van der Waals surface area contributed by atoms with Gasteiger partial charge in [0.15, 0.2) is 0 Å². The lowest BCUT2D eigenvalue weighted by Crippen LogP contribution is -2.46. The normalized spacial score (nSPS) is 30.4. The van der Waals surface area contributed by atoms with Crippen LogP contribution < -0.4 is 0 Å². The first-order valence-corrected chi connectivity index (χ1v) is 7.12. The van der Waals surface area contributed by atoms with Crippen molar-refractivity contribution >= 4 is 0 Å². The third kappa shape index (κ3) is 3.21. The molecule has 100 valence electrons. The van der Waals surface area contributed by atoms with Crippen molar-refractivity contribution in [3.63, 3.8) is 0 Å². The molecule has 0 aromatic heterocycles. The van der Waals surface area contributed by atoms with Crippen molar-refractivity contribution in [1.82, 2.24) is 0 Å². The number of ether oxygens (including phenoxy) is 2. The Labute approximate surface area is 104 Å². The van der Waals surface area contributed by atoms with E-state index in [9.17, 15) is 5.11 Å². The van der Waals surface area contributed by atoms with Crippen molar-refractivity contribution in [2.45, 2.75) is 75.6 Å². The molecule has 1 saturated heterocycles. The highest BCUT2D eigenvalue weighted by molar-refractivity contribution is 4.91. The van der Waals surface area contributed by atoms with Crippen LogP contribution in [-0.2, 0) is 9.47 Å². The molecular weight excluding hydrogens is 216 g/mol. The van der Waals surface area contributed by atoms with Gasteiger partial charge in [0.1, 0.15) is 0 Å². The molecular formula is C14H26O3. The average molecular weight is 242 g/mol. The molecule has 2 fully saturated rings. The van der Waals surface area contributed by atoms with E-state index in [0.717, 1.165) is 38.7 Å². The molecule has 0 radical (unpaired) electrons. The maximum absolute atomic E-state index is 10.4. The molecule has 0 aromatic rings. The molecule has 2 rings (SSSR count). The summed E-state index contributed by atoms with van der Waals surface area (Å²) in [6.07, 6.45) is 9.86. The Balaban J connectivity index is 1.81. The first-order valence-electron chi connectivity index (χ1n) is 7.12. The molecule has 2 atom stereocenters. The fraction of sp³-hybridized carbons (Fsp3) is 1.00. The fourth-order valence-corrected chi connectivity index (χ4v) is 3.30. The lowest BCUT2D eigenvalue weighted by atomic mass is 9.79. The van der Waals surface area contributed by atoms with Crippen LogP contribution in [0.25, 0.3) is 0 Å². The van der Waals surface area contributed by atoms with Gasteiger partial charge in [-0.25, -0.2) is 0 Å². The topological polar surface area (TPSA) is 38.7 Å². The van der Waals surface area contributed by atoms with Gasteiger partial charge in [-0.2, -0.15) is 0 Å². The summed E-state index contributed by atoms with van der Waals surface area (Å²) in [5, 5.41) is 10.4. The molecule has 1 saturated carbocycles. The van der Waals surface area contributed by atoms with E-state index in [0.29, 0.717) is 6.10 Å². The third-order valence-corrected chi connectivity index (χ3v) is 4.50. The van der Waals surface area contributed by atoms with Gasteiger partial charge in [-0.1, -0.05) is 19.3 Å². The lowest BCUT2D eigenvalue weighted by molar-refractivity contribution is -0.127. The minimum absolute atomic E-state index is 0.267. The number of aliphatic hydroxyl groups excluding tert-OH is 1. The Morgan fingerprint density at radius 3 is 2.65 bits per heavy atom. The molecule has 1 aliphatic carbocycles. The highest BCUT2D eigenvalue weighted by Crippen LogP contribution is 2.36. The monoisotopic (exact) mass is 242 g/mol. The molecule has 1 heterocycles. The first kappa shape index (κ1) is 13.3. The Hall–Kier alpha value is -0.120. The summed E-state index contributed by atoms with van der Waals surface area (Å²) in [6.45, 7) is 0.899. The van der Waals surface area contributed by atoms with Gasteiger partial charge in [0.2, 0.25) is 0 Å². The van der Waals surface area contributed by atoms with Crippen LogP contribution in [0, 0.1) is 0 Å². The highest BCUT2D eigenvalue weighted by atomic mass is 16.5. The third-order valence-electron chi connectivity index (χ3n) is 4.50. The van der Waals surface area contributed by atoms with E-state index >= 15 is 0 Å². The molecule has 3 heteroatoms.